The fourth-order valence-electron chi connectivity index (χ4n) is 2.46. The summed E-state index contributed by atoms with van der Waals surface area (Å²) in [6.45, 7) is 0.577. The average molecular weight is 372 g/mol. The number of carbonyl (C=O) groups is 3. The van der Waals surface area contributed by atoms with Gasteiger partial charge < -0.3 is 19.8 Å². The van der Waals surface area contributed by atoms with E-state index in [1.807, 2.05) is 0 Å². The average Bonchev–Trinajstić information content (AvgIpc) is 3.22. The van der Waals surface area contributed by atoms with Gasteiger partial charge in [0, 0.05) is 24.2 Å². The van der Waals surface area contributed by atoms with Gasteiger partial charge in [-0.05, 0) is 49.2 Å². The Morgan fingerprint density at radius 3 is 2.37 bits per heavy atom. The number of anilines is 1. The van der Waals surface area contributed by atoms with E-state index in [1.165, 1.54) is 13.4 Å². The van der Waals surface area contributed by atoms with E-state index in [0.717, 1.165) is 25.7 Å². The van der Waals surface area contributed by atoms with E-state index in [9.17, 15) is 14.4 Å². The Morgan fingerprint density at radius 2 is 1.70 bits per heavy atom. The van der Waals surface area contributed by atoms with Crippen LogP contribution in [-0.4, -0.2) is 31.4 Å². The van der Waals surface area contributed by atoms with Gasteiger partial charge in [-0.2, -0.15) is 0 Å². The molecule has 27 heavy (non-hydrogen) atoms. The topological polar surface area (TPSA) is 97.6 Å². The SMILES string of the molecule is COC(=O)CCCCCCNC(=O)c1ccc(NC(=O)c2ccco2)cc1. The molecule has 1 aromatic carbocycles. The van der Waals surface area contributed by atoms with Crippen molar-refractivity contribution < 1.29 is 23.5 Å². The molecule has 2 rings (SSSR count). The standard InChI is InChI=1S/C20H24N2O5/c1-26-18(23)8-4-2-3-5-13-21-19(24)15-9-11-16(12-10-15)22-20(25)17-7-6-14-27-17/h6-7,9-12,14H,2-5,8,13H2,1H3,(H,21,24)(H,22,25). The maximum Gasteiger partial charge on any atom is 0.305 e. The number of amides is 2. The van der Waals surface area contributed by atoms with Gasteiger partial charge in [0.25, 0.3) is 11.8 Å². The quantitative estimate of drug-likeness (QED) is 0.492. The Kier molecular flexibility index (Phi) is 8.09. The highest BCUT2D eigenvalue weighted by molar-refractivity contribution is 6.02. The molecule has 7 heteroatoms. The Labute approximate surface area is 158 Å². The van der Waals surface area contributed by atoms with Crippen molar-refractivity contribution >= 4 is 23.5 Å². The summed E-state index contributed by atoms with van der Waals surface area (Å²) in [6.07, 6.45) is 5.38. The molecule has 1 aromatic heterocycles. The number of ether oxygens (including phenoxy) is 1. The van der Waals surface area contributed by atoms with Crippen LogP contribution in [0.5, 0.6) is 0 Å². The lowest BCUT2D eigenvalue weighted by molar-refractivity contribution is -0.140. The highest BCUT2D eigenvalue weighted by atomic mass is 16.5. The molecule has 0 spiro atoms. The summed E-state index contributed by atoms with van der Waals surface area (Å²) in [4.78, 5) is 35.0. The first-order valence-corrected chi connectivity index (χ1v) is 8.90. The molecule has 0 radical (unpaired) electrons. The van der Waals surface area contributed by atoms with Crippen LogP contribution in [0.3, 0.4) is 0 Å². The number of hydrogen-bond acceptors (Lipinski definition) is 5. The highest BCUT2D eigenvalue weighted by Gasteiger charge is 2.09. The second kappa shape index (κ2) is 10.8. The number of carbonyl (C=O) groups excluding carboxylic acids is 3. The van der Waals surface area contributed by atoms with Crippen molar-refractivity contribution in [3.63, 3.8) is 0 Å². The van der Waals surface area contributed by atoms with Crippen LogP contribution in [0.15, 0.2) is 47.1 Å². The van der Waals surface area contributed by atoms with Gasteiger partial charge in [-0.15, -0.1) is 0 Å². The summed E-state index contributed by atoms with van der Waals surface area (Å²) in [6, 6.07) is 9.87. The Morgan fingerprint density at radius 1 is 0.963 bits per heavy atom. The predicted octanol–water partition coefficient (Wildman–Crippen LogP) is 3.39. The lowest BCUT2D eigenvalue weighted by atomic mass is 10.1. The van der Waals surface area contributed by atoms with Crippen molar-refractivity contribution in [3.8, 4) is 0 Å². The van der Waals surface area contributed by atoms with Gasteiger partial charge in [0.1, 0.15) is 0 Å². The van der Waals surface area contributed by atoms with E-state index in [1.54, 1.807) is 36.4 Å². The van der Waals surface area contributed by atoms with E-state index in [-0.39, 0.29) is 23.5 Å². The van der Waals surface area contributed by atoms with Crippen LogP contribution in [0.4, 0.5) is 5.69 Å². The Balaban J connectivity index is 1.66. The van der Waals surface area contributed by atoms with Crippen molar-refractivity contribution in [2.45, 2.75) is 32.1 Å². The van der Waals surface area contributed by atoms with Gasteiger partial charge in [-0.1, -0.05) is 12.8 Å². The number of furan rings is 1. The lowest BCUT2D eigenvalue weighted by Crippen LogP contribution is -2.24. The molecule has 0 saturated carbocycles. The number of unbranched alkanes of at least 4 members (excludes halogenated alkanes) is 3. The summed E-state index contributed by atoms with van der Waals surface area (Å²) in [5, 5.41) is 5.56. The number of methoxy groups -OCH3 is 1. The normalized spacial score (nSPS) is 10.3. The molecule has 0 saturated heterocycles. The zero-order valence-corrected chi connectivity index (χ0v) is 15.3. The summed E-state index contributed by atoms with van der Waals surface area (Å²) in [5.74, 6) is -0.464. The summed E-state index contributed by atoms with van der Waals surface area (Å²) < 4.78 is 9.61. The van der Waals surface area contributed by atoms with Crippen LogP contribution in [0.2, 0.25) is 0 Å². The minimum absolute atomic E-state index is 0.159. The maximum atomic E-state index is 12.1. The van der Waals surface area contributed by atoms with Gasteiger partial charge >= 0.3 is 5.97 Å². The first-order valence-electron chi connectivity index (χ1n) is 8.90. The number of hydrogen-bond donors (Lipinski definition) is 2. The molecular formula is C20H24N2O5. The first-order chi connectivity index (χ1) is 13.1. The lowest BCUT2D eigenvalue weighted by Gasteiger charge is -2.07. The molecule has 2 amide bonds. The molecule has 0 atom stereocenters. The number of benzene rings is 1. The highest BCUT2D eigenvalue weighted by Crippen LogP contribution is 2.12. The summed E-state index contributed by atoms with van der Waals surface area (Å²) in [5.41, 5.74) is 1.11. The molecule has 0 fully saturated rings. The van der Waals surface area contributed by atoms with E-state index in [0.29, 0.717) is 24.2 Å². The van der Waals surface area contributed by atoms with Crippen molar-refractivity contribution in [3.05, 3.63) is 54.0 Å². The van der Waals surface area contributed by atoms with Gasteiger partial charge in [-0.25, -0.2) is 0 Å². The van der Waals surface area contributed by atoms with Gasteiger partial charge in [0.05, 0.1) is 13.4 Å². The van der Waals surface area contributed by atoms with Crippen molar-refractivity contribution in [1.29, 1.82) is 0 Å². The van der Waals surface area contributed by atoms with Crippen LogP contribution in [0, 0.1) is 0 Å². The smallest absolute Gasteiger partial charge is 0.305 e. The van der Waals surface area contributed by atoms with E-state index in [2.05, 4.69) is 15.4 Å². The van der Waals surface area contributed by atoms with E-state index < -0.39 is 0 Å². The molecule has 0 aliphatic rings. The second-order valence-corrected chi connectivity index (χ2v) is 6.01. The maximum absolute atomic E-state index is 12.1. The van der Waals surface area contributed by atoms with Gasteiger partial charge in [-0.3, -0.25) is 14.4 Å². The molecule has 144 valence electrons. The summed E-state index contributed by atoms with van der Waals surface area (Å²) >= 11 is 0. The Bertz CT molecular complexity index is 738. The van der Waals surface area contributed by atoms with Gasteiger partial charge in [0.2, 0.25) is 0 Å². The number of esters is 1. The van der Waals surface area contributed by atoms with Crippen LogP contribution in [0.25, 0.3) is 0 Å². The van der Waals surface area contributed by atoms with Crippen molar-refractivity contribution in [1.82, 2.24) is 5.32 Å². The fraction of sp³-hybridized carbons (Fsp3) is 0.350. The van der Waals surface area contributed by atoms with Crippen molar-refractivity contribution in [2.75, 3.05) is 19.0 Å². The van der Waals surface area contributed by atoms with Gasteiger partial charge in [0.15, 0.2) is 5.76 Å². The molecular weight excluding hydrogens is 348 g/mol. The van der Waals surface area contributed by atoms with Crippen LogP contribution < -0.4 is 10.6 Å². The van der Waals surface area contributed by atoms with Crippen LogP contribution >= 0.6 is 0 Å². The van der Waals surface area contributed by atoms with Crippen LogP contribution in [-0.2, 0) is 9.53 Å². The van der Waals surface area contributed by atoms with E-state index in [4.69, 9.17) is 4.42 Å². The molecule has 1 heterocycles. The largest absolute Gasteiger partial charge is 0.469 e. The molecule has 0 aliphatic heterocycles. The minimum Gasteiger partial charge on any atom is -0.469 e. The monoisotopic (exact) mass is 372 g/mol. The molecule has 0 bridgehead atoms. The second-order valence-electron chi connectivity index (χ2n) is 6.01. The number of rotatable bonds is 10. The molecule has 0 aliphatic carbocycles. The molecule has 0 unspecified atom stereocenters. The third-order valence-corrected chi connectivity index (χ3v) is 3.97. The Hall–Kier alpha value is -3.09. The first kappa shape index (κ1) is 20.2. The van der Waals surface area contributed by atoms with Crippen molar-refractivity contribution in [2.24, 2.45) is 0 Å². The summed E-state index contributed by atoms with van der Waals surface area (Å²) in [7, 11) is 1.39. The van der Waals surface area contributed by atoms with E-state index >= 15 is 0 Å². The molecule has 7 nitrogen and oxygen atoms in total. The fourth-order valence-corrected chi connectivity index (χ4v) is 2.46. The third kappa shape index (κ3) is 6.97. The molecule has 2 N–H and O–H groups in total. The van der Waals surface area contributed by atoms with Crippen LogP contribution in [0.1, 0.15) is 53.0 Å². The number of nitrogens with one attached hydrogen (secondary N) is 2. The third-order valence-electron chi connectivity index (χ3n) is 3.97. The zero-order valence-electron chi connectivity index (χ0n) is 15.3. The minimum atomic E-state index is -0.343. The predicted molar refractivity (Wildman–Crippen MR) is 101 cm³/mol. The molecule has 2 aromatic rings. The zero-order chi connectivity index (χ0) is 19.5.